The minimum atomic E-state index is -5.36. The van der Waals surface area contributed by atoms with Crippen LogP contribution in [0.2, 0.25) is 0 Å². The topological polar surface area (TPSA) is 137 Å². The van der Waals surface area contributed by atoms with Crippen molar-refractivity contribution in [3.63, 3.8) is 0 Å². The van der Waals surface area contributed by atoms with Crippen LogP contribution in [0.15, 0.2) is 0 Å². The average Bonchev–Trinajstić information content (AvgIpc) is 2.29. The molecule has 1 atom stereocenters. The molecule has 0 aromatic heterocycles. The molecule has 0 aliphatic rings. The third kappa shape index (κ3) is 11.4. The van der Waals surface area contributed by atoms with Crippen LogP contribution in [0, 0.1) is 5.41 Å². The van der Waals surface area contributed by atoms with Crippen molar-refractivity contribution < 1.29 is 187 Å². The van der Waals surface area contributed by atoms with Gasteiger partial charge in [0.2, 0.25) is 0 Å². The summed E-state index contributed by atoms with van der Waals surface area (Å²) in [6.45, 7) is 3.47. The molecule has 1 unspecified atom stereocenters. The van der Waals surface area contributed by atoms with E-state index >= 15 is 0 Å². The zero-order valence-corrected chi connectivity index (χ0v) is 24.8. The molecule has 118 valence electrons. The minimum absolute atomic E-state index is 0. The van der Waals surface area contributed by atoms with Gasteiger partial charge in [-0.3, -0.25) is 0 Å². The largest absolute Gasteiger partial charge is 1.00 e. The van der Waals surface area contributed by atoms with Gasteiger partial charge >= 0.3 is 154 Å². The fourth-order valence-corrected chi connectivity index (χ4v) is 3.42. The summed E-state index contributed by atoms with van der Waals surface area (Å²) in [5, 5.41) is 19.8. The van der Waals surface area contributed by atoms with Crippen LogP contribution in [0.25, 0.3) is 0 Å². The van der Waals surface area contributed by atoms with E-state index in [1.165, 1.54) is 0 Å². The molecular formula is C12H19K3O7S. The molecule has 0 amide bonds. The monoisotopic (exact) mass is 424 g/mol. The number of carboxylic acids is 2. The molecule has 0 heterocycles. The van der Waals surface area contributed by atoms with Crippen molar-refractivity contribution in [1.29, 1.82) is 0 Å². The standard InChI is InChI=1S/C12H22O7S.3K/c1-3-5-7-12(11(15)16,8-6-4-2)9(10(13)14)20(17,18)19;;;/h9H,3-8H2,1-2H3,(H,13,14)(H,15,16)(H,17,18,19);;;/q;3*+1/p-3. The molecule has 0 spiro atoms. The molecule has 0 saturated heterocycles. The van der Waals surface area contributed by atoms with Crippen LogP contribution in [0.3, 0.4) is 0 Å². The van der Waals surface area contributed by atoms with Gasteiger partial charge in [0.15, 0.2) is 0 Å². The number of aliphatic carboxylic acids is 2. The Labute approximate surface area is 265 Å². The molecule has 0 aliphatic heterocycles. The summed E-state index contributed by atoms with van der Waals surface area (Å²) < 4.78 is 33.5. The molecule has 0 N–H and O–H groups in total. The number of unbranched alkanes of at least 4 members (excludes halogenated alkanes) is 2. The van der Waals surface area contributed by atoms with Gasteiger partial charge in [-0.2, -0.15) is 0 Å². The second-order valence-electron chi connectivity index (χ2n) is 4.84. The normalized spacial score (nSPS) is 12.1. The summed E-state index contributed by atoms with van der Waals surface area (Å²) in [5.41, 5.74) is -2.23. The van der Waals surface area contributed by atoms with Crippen molar-refractivity contribution in [3.05, 3.63) is 0 Å². The summed E-state index contributed by atoms with van der Waals surface area (Å²) in [5.74, 6) is -4.01. The molecule has 0 aromatic rings. The van der Waals surface area contributed by atoms with Crippen molar-refractivity contribution in [1.82, 2.24) is 0 Å². The van der Waals surface area contributed by atoms with Crippen molar-refractivity contribution in [3.8, 4) is 0 Å². The maximum Gasteiger partial charge on any atom is 1.00 e. The first-order valence-corrected chi connectivity index (χ1v) is 7.97. The van der Waals surface area contributed by atoms with E-state index in [0.717, 1.165) is 0 Å². The van der Waals surface area contributed by atoms with Crippen LogP contribution in [0.1, 0.15) is 52.4 Å². The molecule has 0 fully saturated rings. The van der Waals surface area contributed by atoms with Gasteiger partial charge < -0.3 is 24.4 Å². The summed E-state index contributed by atoms with van der Waals surface area (Å²) in [6, 6.07) is 0. The Bertz CT molecular complexity index is 446. The molecule has 0 radical (unpaired) electrons. The first kappa shape index (κ1) is 34.3. The maximum atomic E-state index is 11.4. The molecule has 0 aliphatic carbocycles. The Balaban J connectivity index is -0.000000602. The molecule has 0 aromatic carbocycles. The van der Waals surface area contributed by atoms with Crippen molar-refractivity contribution >= 4 is 22.1 Å². The van der Waals surface area contributed by atoms with Crippen LogP contribution in [-0.2, 0) is 19.7 Å². The Kier molecular flexibility index (Phi) is 24.9. The first-order chi connectivity index (χ1) is 9.13. The predicted octanol–water partition coefficient (Wildman–Crippen LogP) is -10.2. The molecule has 11 heteroatoms. The molecule has 23 heavy (non-hydrogen) atoms. The average molecular weight is 425 g/mol. The van der Waals surface area contributed by atoms with E-state index in [0.29, 0.717) is 12.8 Å². The van der Waals surface area contributed by atoms with Crippen LogP contribution in [0.4, 0.5) is 0 Å². The Morgan fingerprint density at radius 1 is 0.957 bits per heavy atom. The van der Waals surface area contributed by atoms with E-state index in [9.17, 15) is 32.8 Å². The molecule has 0 rings (SSSR count). The summed E-state index contributed by atoms with van der Waals surface area (Å²) in [6.07, 6.45) is 1.12. The SMILES string of the molecule is CCCCC(CCCC)(C(=O)[O-])C(C(=O)[O-])S(=O)(=O)[O-].[K+].[K+].[K+]. The summed E-state index contributed by atoms with van der Waals surface area (Å²) in [4.78, 5) is 22.5. The smallest absolute Gasteiger partial charge is 0.747 e. The minimum Gasteiger partial charge on any atom is -0.747 e. The third-order valence-corrected chi connectivity index (χ3v) is 4.59. The number of carbonyl (C=O) groups excluding carboxylic acids is 2. The predicted molar refractivity (Wildman–Crippen MR) is 65.0 cm³/mol. The van der Waals surface area contributed by atoms with Crippen LogP contribution >= 0.6 is 0 Å². The van der Waals surface area contributed by atoms with E-state index < -0.39 is 32.7 Å². The van der Waals surface area contributed by atoms with Crippen molar-refractivity contribution in [2.24, 2.45) is 5.41 Å². The number of carbonyl (C=O) groups is 2. The molecule has 0 saturated carbocycles. The number of hydrogen-bond donors (Lipinski definition) is 0. The van der Waals surface area contributed by atoms with Crippen molar-refractivity contribution in [2.75, 3.05) is 0 Å². The second-order valence-corrected chi connectivity index (χ2v) is 6.30. The van der Waals surface area contributed by atoms with Gasteiger partial charge in [0, 0.05) is 11.4 Å². The molecule has 0 bridgehead atoms. The van der Waals surface area contributed by atoms with E-state index in [1.54, 1.807) is 13.8 Å². The molecule has 7 nitrogen and oxygen atoms in total. The first-order valence-electron chi connectivity index (χ1n) is 6.50. The second kappa shape index (κ2) is 16.7. The quantitative estimate of drug-likeness (QED) is 0.251. The Hall–Kier alpha value is 3.76. The van der Waals surface area contributed by atoms with E-state index in [2.05, 4.69) is 0 Å². The van der Waals surface area contributed by atoms with Gasteiger partial charge in [-0.1, -0.05) is 39.5 Å². The van der Waals surface area contributed by atoms with Crippen LogP contribution < -0.4 is 164 Å². The number of rotatable bonds is 10. The van der Waals surface area contributed by atoms with Gasteiger partial charge in [0.1, 0.15) is 10.1 Å². The van der Waals surface area contributed by atoms with E-state index in [1.807, 2.05) is 0 Å². The fraction of sp³-hybridized carbons (Fsp3) is 0.833. The summed E-state index contributed by atoms with van der Waals surface area (Å²) in [7, 11) is -5.36. The van der Waals surface area contributed by atoms with Crippen LogP contribution in [-0.4, -0.2) is 30.2 Å². The van der Waals surface area contributed by atoms with E-state index in [4.69, 9.17) is 0 Å². The summed E-state index contributed by atoms with van der Waals surface area (Å²) >= 11 is 0. The molecular weight excluding hydrogens is 405 g/mol. The third-order valence-electron chi connectivity index (χ3n) is 3.36. The zero-order valence-electron chi connectivity index (χ0n) is 14.6. The van der Waals surface area contributed by atoms with Gasteiger partial charge in [-0.25, -0.2) is 8.42 Å². The van der Waals surface area contributed by atoms with Gasteiger partial charge in [0.05, 0.1) is 11.2 Å². The van der Waals surface area contributed by atoms with Gasteiger partial charge in [-0.05, 0) is 12.8 Å². The van der Waals surface area contributed by atoms with E-state index in [-0.39, 0.29) is 180 Å². The number of hydrogen-bond acceptors (Lipinski definition) is 7. The number of carboxylic acid groups (broad SMARTS) is 2. The van der Waals surface area contributed by atoms with Crippen molar-refractivity contribution in [2.45, 2.75) is 57.6 Å². The zero-order chi connectivity index (χ0) is 16.0. The Morgan fingerprint density at radius 2 is 1.30 bits per heavy atom. The Morgan fingerprint density at radius 3 is 1.48 bits per heavy atom. The van der Waals surface area contributed by atoms with Gasteiger partial charge in [-0.15, -0.1) is 0 Å². The fourth-order valence-electron chi connectivity index (χ4n) is 2.30. The van der Waals surface area contributed by atoms with Crippen LogP contribution in [0.5, 0.6) is 0 Å². The maximum absolute atomic E-state index is 11.4. The van der Waals surface area contributed by atoms with Gasteiger partial charge in [0.25, 0.3) is 0 Å².